The number of carbonyl (C=O) groups excluding carboxylic acids is 1. The summed E-state index contributed by atoms with van der Waals surface area (Å²) in [7, 11) is 0. The molecular formula is C16H26BrF3N4O2. The van der Waals surface area contributed by atoms with Gasteiger partial charge in [-0.25, -0.2) is 10.4 Å². The number of hydroxylamine groups is 1. The highest BCUT2D eigenvalue weighted by Gasteiger charge is 2.50. The number of hydrogen-bond donors (Lipinski definition) is 3. The Kier molecular flexibility index (Phi) is 6.63. The summed E-state index contributed by atoms with van der Waals surface area (Å²) in [4.78, 5) is 17.1. The van der Waals surface area contributed by atoms with Crippen molar-refractivity contribution in [2.24, 2.45) is 5.41 Å². The zero-order valence-electron chi connectivity index (χ0n) is 15.3. The van der Waals surface area contributed by atoms with Gasteiger partial charge >= 0.3 is 6.18 Å². The maximum Gasteiger partial charge on any atom is 0.406 e. The van der Waals surface area contributed by atoms with Crippen molar-refractivity contribution in [2.75, 3.05) is 6.54 Å². The third kappa shape index (κ3) is 5.11. The third-order valence-electron chi connectivity index (χ3n) is 4.42. The number of rotatable bonds is 5. The van der Waals surface area contributed by atoms with Gasteiger partial charge in [0.2, 0.25) is 11.8 Å². The molecule has 26 heavy (non-hydrogen) atoms. The number of carbonyl (C=O) groups is 1. The smallest absolute Gasteiger partial charge is 0.390 e. The lowest BCUT2D eigenvalue weighted by atomic mass is 9.87. The largest absolute Gasteiger partial charge is 0.406 e. The van der Waals surface area contributed by atoms with Crippen LogP contribution in [0.4, 0.5) is 13.2 Å². The van der Waals surface area contributed by atoms with E-state index in [0.29, 0.717) is 12.8 Å². The molecule has 0 aromatic carbocycles. The molecule has 0 aromatic rings. The van der Waals surface area contributed by atoms with Crippen LogP contribution in [0.15, 0.2) is 12.0 Å². The number of nitrogens with zero attached hydrogens (tertiary/aromatic N) is 1. The van der Waals surface area contributed by atoms with E-state index in [4.69, 9.17) is 4.84 Å². The first kappa shape index (κ1) is 21.5. The quantitative estimate of drug-likeness (QED) is 0.571. The molecular weight excluding hydrogens is 417 g/mol. The van der Waals surface area contributed by atoms with Gasteiger partial charge in [-0.05, 0) is 17.9 Å². The molecule has 4 atom stereocenters. The number of alkyl halides is 4. The Morgan fingerprint density at radius 3 is 2.58 bits per heavy atom. The first-order valence-corrected chi connectivity index (χ1v) is 9.53. The van der Waals surface area contributed by atoms with Crippen LogP contribution >= 0.6 is 15.9 Å². The molecule has 0 radical (unpaired) electrons. The van der Waals surface area contributed by atoms with Crippen molar-refractivity contribution in [3.63, 3.8) is 0 Å². The van der Waals surface area contributed by atoms with Crippen molar-refractivity contribution in [1.29, 1.82) is 0 Å². The Morgan fingerprint density at radius 1 is 1.46 bits per heavy atom. The molecule has 1 amide bonds. The molecule has 0 spiro atoms. The van der Waals surface area contributed by atoms with Gasteiger partial charge < -0.3 is 4.84 Å². The van der Waals surface area contributed by atoms with Crippen molar-refractivity contribution in [1.82, 2.24) is 21.2 Å². The fraction of sp³-hybridized carbons (Fsp3) is 0.812. The molecule has 1 fully saturated rings. The van der Waals surface area contributed by atoms with Crippen LogP contribution in [0.5, 0.6) is 0 Å². The van der Waals surface area contributed by atoms with Gasteiger partial charge in [-0.15, -0.1) is 5.48 Å². The molecule has 1 saturated heterocycles. The minimum Gasteiger partial charge on any atom is -0.390 e. The highest BCUT2D eigenvalue weighted by Crippen LogP contribution is 2.31. The molecule has 10 heteroatoms. The van der Waals surface area contributed by atoms with E-state index in [2.05, 4.69) is 32.2 Å². The molecule has 0 aromatic heterocycles. The Balaban J connectivity index is 2.05. The standard InChI is InChI=1S/C16H26BrF3N4O2/c1-5-6-10(24-8-9(17)13(22-24)16(18,19)20)14(25)21-12-7-11(23-26-12)15(2,3)4/h7,9-11,13,22-23H,5-6,8H2,1-4H3,(H,21,25). The van der Waals surface area contributed by atoms with E-state index in [0.717, 1.165) is 0 Å². The van der Waals surface area contributed by atoms with Gasteiger partial charge in [-0.2, -0.15) is 13.2 Å². The lowest BCUT2D eigenvalue weighted by Gasteiger charge is -2.27. The fourth-order valence-electron chi connectivity index (χ4n) is 2.85. The molecule has 150 valence electrons. The molecule has 0 bridgehead atoms. The number of halogens is 4. The van der Waals surface area contributed by atoms with Gasteiger partial charge in [0.1, 0.15) is 12.1 Å². The minimum absolute atomic E-state index is 0.0744. The van der Waals surface area contributed by atoms with Crippen LogP contribution in [0.1, 0.15) is 40.5 Å². The highest BCUT2D eigenvalue weighted by atomic mass is 79.9. The van der Waals surface area contributed by atoms with E-state index in [1.54, 1.807) is 6.08 Å². The molecule has 2 aliphatic heterocycles. The minimum atomic E-state index is -4.39. The second-order valence-corrected chi connectivity index (χ2v) is 8.88. The molecule has 4 unspecified atom stereocenters. The normalized spacial score (nSPS) is 28.6. The zero-order chi connectivity index (χ0) is 19.7. The van der Waals surface area contributed by atoms with Crippen molar-refractivity contribution >= 4 is 21.8 Å². The van der Waals surface area contributed by atoms with Gasteiger partial charge in [-0.3, -0.25) is 10.1 Å². The second-order valence-electron chi connectivity index (χ2n) is 7.70. The van der Waals surface area contributed by atoms with Crippen LogP contribution in [0.25, 0.3) is 0 Å². The molecule has 0 saturated carbocycles. The van der Waals surface area contributed by atoms with Gasteiger partial charge in [0.05, 0.1) is 10.9 Å². The van der Waals surface area contributed by atoms with Gasteiger partial charge in [0, 0.05) is 6.54 Å². The summed E-state index contributed by atoms with van der Waals surface area (Å²) in [6.07, 6.45) is -1.55. The van der Waals surface area contributed by atoms with Gasteiger partial charge in [-0.1, -0.05) is 50.0 Å². The monoisotopic (exact) mass is 442 g/mol. The molecule has 0 aliphatic carbocycles. The lowest BCUT2D eigenvalue weighted by molar-refractivity contribution is -0.158. The maximum atomic E-state index is 13.1. The van der Waals surface area contributed by atoms with Crippen molar-refractivity contribution in [3.05, 3.63) is 12.0 Å². The number of hydrazine groups is 1. The molecule has 2 heterocycles. The molecule has 2 rings (SSSR count). The summed E-state index contributed by atoms with van der Waals surface area (Å²) < 4.78 is 39.2. The van der Waals surface area contributed by atoms with E-state index in [-0.39, 0.29) is 23.9 Å². The van der Waals surface area contributed by atoms with Crippen LogP contribution in [-0.2, 0) is 9.63 Å². The summed E-state index contributed by atoms with van der Waals surface area (Å²) in [6, 6.07) is -2.53. The van der Waals surface area contributed by atoms with Crippen molar-refractivity contribution in [2.45, 2.75) is 69.7 Å². The summed E-state index contributed by atoms with van der Waals surface area (Å²) in [5, 5.41) is 4.03. The van der Waals surface area contributed by atoms with E-state index < -0.39 is 29.0 Å². The summed E-state index contributed by atoms with van der Waals surface area (Å²) in [5.74, 6) is -0.123. The number of nitrogens with one attached hydrogen (secondary N) is 3. The Morgan fingerprint density at radius 2 is 2.12 bits per heavy atom. The lowest BCUT2D eigenvalue weighted by Crippen LogP contribution is -2.53. The predicted octanol–water partition coefficient (Wildman–Crippen LogP) is 2.58. The first-order valence-electron chi connectivity index (χ1n) is 8.62. The zero-order valence-corrected chi connectivity index (χ0v) is 16.9. The van der Waals surface area contributed by atoms with Gasteiger partial charge in [0.15, 0.2) is 0 Å². The number of amides is 1. The van der Waals surface area contributed by atoms with Gasteiger partial charge in [0.25, 0.3) is 0 Å². The fourth-order valence-corrected chi connectivity index (χ4v) is 3.58. The molecule has 6 nitrogen and oxygen atoms in total. The van der Waals surface area contributed by atoms with E-state index in [9.17, 15) is 18.0 Å². The summed E-state index contributed by atoms with van der Waals surface area (Å²) in [6.45, 7) is 8.03. The molecule has 2 aliphatic rings. The van der Waals surface area contributed by atoms with Crippen LogP contribution in [0.3, 0.4) is 0 Å². The maximum absolute atomic E-state index is 13.1. The third-order valence-corrected chi connectivity index (χ3v) is 5.24. The topological polar surface area (TPSA) is 65.6 Å². The van der Waals surface area contributed by atoms with Crippen molar-refractivity contribution in [3.8, 4) is 0 Å². The summed E-state index contributed by atoms with van der Waals surface area (Å²) >= 11 is 3.07. The van der Waals surface area contributed by atoms with Crippen molar-refractivity contribution < 1.29 is 22.8 Å². The van der Waals surface area contributed by atoms with Crippen LogP contribution in [-0.4, -0.2) is 46.6 Å². The number of hydrogen-bond acceptors (Lipinski definition) is 5. The van der Waals surface area contributed by atoms with E-state index in [1.165, 1.54) is 5.01 Å². The van der Waals surface area contributed by atoms with Crippen LogP contribution < -0.4 is 16.2 Å². The van der Waals surface area contributed by atoms with Crippen LogP contribution in [0.2, 0.25) is 0 Å². The highest BCUT2D eigenvalue weighted by molar-refractivity contribution is 9.09. The molecule has 3 N–H and O–H groups in total. The first-order chi connectivity index (χ1) is 11.9. The van der Waals surface area contributed by atoms with E-state index in [1.807, 2.05) is 27.7 Å². The average molecular weight is 443 g/mol. The Bertz CT molecular complexity index is 551. The second kappa shape index (κ2) is 8.04. The average Bonchev–Trinajstić information content (AvgIpc) is 3.10. The van der Waals surface area contributed by atoms with Crippen LogP contribution in [0, 0.1) is 5.41 Å². The SMILES string of the molecule is CCCC(C(=O)NC1=CC(C(C)(C)C)NO1)N1CC(Br)C(C(F)(F)F)N1. The Labute approximate surface area is 159 Å². The Hall–Kier alpha value is -0.840. The van der Waals surface area contributed by atoms with E-state index >= 15 is 0 Å². The predicted molar refractivity (Wildman–Crippen MR) is 94.8 cm³/mol. The summed E-state index contributed by atoms with van der Waals surface area (Å²) in [5.41, 5.74) is 5.16.